The molecule has 2 aromatic heterocycles. The van der Waals surface area contributed by atoms with Crippen molar-refractivity contribution in [1.29, 1.82) is 0 Å². The molecule has 2 heterocycles. The number of aromatic nitrogens is 2. The Hall–Kier alpha value is -3.13. The third-order valence-electron chi connectivity index (χ3n) is 3.56. The lowest BCUT2D eigenvalue weighted by Gasteiger charge is -2.12. The number of methoxy groups -OCH3 is 1. The molecule has 1 unspecified atom stereocenters. The summed E-state index contributed by atoms with van der Waals surface area (Å²) in [7, 11) is 1.50. The zero-order valence-electron chi connectivity index (χ0n) is 14.9. The highest BCUT2D eigenvalue weighted by Gasteiger charge is 2.21. The van der Waals surface area contributed by atoms with Gasteiger partial charge in [-0.25, -0.2) is 4.79 Å². The molecule has 0 amide bonds. The van der Waals surface area contributed by atoms with Crippen LogP contribution in [-0.2, 0) is 4.74 Å². The van der Waals surface area contributed by atoms with Crippen LogP contribution in [0, 0.1) is 0 Å². The smallest absolute Gasteiger partial charge is 0.339 e. The molecule has 0 saturated heterocycles. The van der Waals surface area contributed by atoms with Crippen molar-refractivity contribution in [2.45, 2.75) is 13.0 Å². The van der Waals surface area contributed by atoms with E-state index in [1.165, 1.54) is 18.4 Å². The lowest BCUT2D eigenvalue weighted by molar-refractivity contribution is 0.0279. The number of hydrogen-bond acceptors (Lipinski definition) is 8. The van der Waals surface area contributed by atoms with Gasteiger partial charge in [0, 0.05) is 0 Å². The lowest BCUT2D eigenvalue weighted by atomic mass is 10.2. The van der Waals surface area contributed by atoms with Gasteiger partial charge in [0.25, 0.3) is 11.8 Å². The minimum atomic E-state index is -0.693. The van der Waals surface area contributed by atoms with Crippen molar-refractivity contribution in [2.24, 2.45) is 0 Å². The Kier molecular flexibility index (Phi) is 5.87. The van der Waals surface area contributed by atoms with Crippen LogP contribution in [0.1, 0.15) is 29.3 Å². The van der Waals surface area contributed by atoms with Gasteiger partial charge in [-0.2, -0.15) is 0 Å². The largest absolute Gasteiger partial charge is 0.493 e. The van der Waals surface area contributed by atoms with Crippen LogP contribution in [0.2, 0.25) is 0 Å². The van der Waals surface area contributed by atoms with Crippen LogP contribution in [0.15, 0.2) is 52.8 Å². The summed E-state index contributed by atoms with van der Waals surface area (Å²) in [6.45, 7) is 5.60. The summed E-state index contributed by atoms with van der Waals surface area (Å²) in [6.07, 6.45) is 0.930. The predicted molar refractivity (Wildman–Crippen MR) is 100 cm³/mol. The monoisotopic (exact) mass is 386 g/mol. The molecule has 0 spiro atoms. The van der Waals surface area contributed by atoms with E-state index in [1.807, 2.05) is 17.5 Å². The summed E-state index contributed by atoms with van der Waals surface area (Å²) in [5.41, 5.74) is 0.322. The maximum absolute atomic E-state index is 12.4. The van der Waals surface area contributed by atoms with Crippen molar-refractivity contribution in [3.8, 4) is 22.3 Å². The van der Waals surface area contributed by atoms with Crippen molar-refractivity contribution in [1.82, 2.24) is 10.2 Å². The van der Waals surface area contributed by atoms with Crippen LogP contribution in [0.4, 0.5) is 0 Å². The van der Waals surface area contributed by atoms with Crippen molar-refractivity contribution in [3.63, 3.8) is 0 Å². The first-order valence-corrected chi connectivity index (χ1v) is 9.00. The Bertz CT molecular complexity index is 920. The van der Waals surface area contributed by atoms with E-state index in [2.05, 4.69) is 16.8 Å². The van der Waals surface area contributed by atoms with Gasteiger partial charge >= 0.3 is 5.97 Å². The Morgan fingerprint density at radius 3 is 2.89 bits per heavy atom. The van der Waals surface area contributed by atoms with Gasteiger partial charge in [-0.3, -0.25) is 0 Å². The fraction of sp³-hybridized carbons (Fsp3) is 0.211. The van der Waals surface area contributed by atoms with E-state index in [-0.39, 0.29) is 5.89 Å². The number of benzene rings is 1. The average Bonchev–Trinajstić information content (AvgIpc) is 3.37. The molecule has 0 radical (unpaired) electrons. The quantitative estimate of drug-likeness (QED) is 0.422. The first kappa shape index (κ1) is 18.7. The van der Waals surface area contributed by atoms with E-state index in [0.29, 0.717) is 29.6 Å². The minimum Gasteiger partial charge on any atom is -0.493 e. The second kappa shape index (κ2) is 8.50. The van der Waals surface area contributed by atoms with Gasteiger partial charge in [0.05, 0.1) is 17.6 Å². The summed E-state index contributed by atoms with van der Waals surface area (Å²) < 4.78 is 21.8. The minimum absolute atomic E-state index is 0.227. The Morgan fingerprint density at radius 1 is 1.33 bits per heavy atom. The van der Waals surface area contributed by atoms with Gasteiger partial charge < -0.3 is 18.6 Å². The number of carbonyl (C=O) groups excluding carboxylic acids is 1. The molecule has 140 valence electrons. The molecular weight excluding hydrogens is 368 g/mol. The number of ether oxygens (including phenoxy) is 3. The summed E-state index contributed by atoms with van der Waals surface area (Å²) in [5, 5.41) is 9.86. The maximum Gasteiger partial charge on any atom is 0.339 e. The van der Waals surface area contributed by atoms with E-state index in [4.69, 9.17) is 18.6 Å². The molecule has 0 N–H and O–H groups in total. The van der Waals surface area contributed by atoms with Crippen molar-refractivity contribution in [2.75, 3.05) is 13.7 Å². The zero-order valence-corrected chi connectivity index (χ0v) is 15.7. The molecule has 0 aliphatic rings. The molecule has 0 aliphatic carbocycles. The first-order chi connectivity index (χ1) is 13.1. The summed E-state index contributed by atoms with van der Waals surface area (Å²) in [5.74, 6) is 1.03. The second-order valence-corrected chi connectivity index (χ2v) is 6.38. The number of carbonyl (C=O) groups is 1. The van der Waals surface area contributed by atoms with Crippen molar-refractivity contribution >= 4 is 17.3 Å². The van der Waals surface area contributed by atoms with Crippen LogP contribution in [0.25, 0.3) is 10.8 Å². The van der Waals surface area contributed by atoms with Gasteiger partial charge in [0.1, 0.15) is 6.61 Å². The van der Waals surface area contributed by atoms with E-state index < -0.39 is 12.1 Å². The highest BCUT2D eigenvalue weighted by molar-refractivity contribution is 7.13. The summed E-state index contributed by atoms with van der Waals surface area (Å²) in [6, 6.07) is 8.56. The van der Waals surface area contributed by atoms with Crippen molar-refractivity contribution < 1.29 is 23.4 Å². The molecule has 1 atom stereocenters. The van der Waals surface area contributed by atoms with Gasteiger partial charge in [-0.15, -0.1) is 21.5 Å². The van der Waals surface area contributed by atoms with E-state index in [9.17, 15) is 4.79 Å². The molecule has 3 rings (SSSR count). The molecular formula is C19H18N2O5S. The summed E-state index contributed by atoms with van der Waals surface area (Å²) >= 11 is 1.49. The van der Waals surface area contributed by atoms with Crippen LogP contribution in [0.5, 0.6) is 11.5 Å². The number of rotatable bonds is 8. The SMILES string of the molecule is C=CCOc1ccc(C(=O)OC(C)c2nnc(-c3cccs3)o2)cc1OC. The number of nitrogens with zero attached hydrogens (tertiary/aromatic N) is 2. The highest BCUT2D eigenvalue weighted by Crippen LogP contribution is 2.30. The van der Waals surface area contributed by atoms with Crippen LogP contribution in [0.3, 0.4) is 0 Å². The number of thiophene rings is 1. The third-order valence-corrected chi connectivity index (χ3v) is 4.42. The predicted octanol–water partition coefficient (Wildman–Crippen LogP) is 4.29. The first-order valence-electron chi connectivity index (χ1n) is 8.12. The van der Waals surface area contributed by atoms with E-state index in [0.717, 1.165) is 4.88 Å². The highest BCUT2D eigenvalue weighted by atomic mass is 32.1. The zero-order chi connectivity index (χ0) is 19.2. The van der Waals surface area contributed by atoms with Crippen LogP contribution in [-0.4, -0.2) is 29.9 Å². The Labute approximate surface area is 160 Å². The standard InChI is InChI=1S/C19H18N2O5S/c1-4-9-24-14-8-7-13(11-15(14)23-3)19(22)25-12(2)17-20-21-18(26-17)16-6-5-10-27-16/h4-8,10-12H,1,9H2,2-3H3. The molecule has 0 saturated carbocycles. The molecule has 27 heavy (non-hydrogen) atoms. The third kappa shape index (κ3) is 4.35. The topological polar surface area (TPSA) is 83.7 Å². The normalized spacial score (nSPS) is 11.6. The van der Waals surface area contributed by atoms with Gasteiger partial charge in [-0.05, 0) is 36.6 Å². The van der Waals surface area contributed by atoms with Crippen molar-refractivity contribution in [3.05, 3.63) is 59.8 Å². The Morgan fingerprint density at radius 2 is 2.19 bits per heavy atom. The fourth-order valence-electron chi connectivity index (χ4n) is 2.24. The van der Waals surface area contributed by atoms with Gasteiger partial charge in [-0.1, -0.05) is 18.7 Å². The van der Waals surface area contributed by atoms with Crippen LogP contribution < -0.4 is 9.47 Å². The Balaban J connectivity index is 1.70. The fourth-order valence-corrected chi connectivity index (χ4v) is 2.88. The molecule has 7 nitrogen and oxygen atoms in total. The molecule has 1 aromatic carbocycles. The van der Waals surface area contributed by atoms with Crippen LogP contribution >= 0.6 is 11.3 Å². The maximum atomic E-state index is 12.4. The molecule has 0 fully saturated rings. The lowest BCUT2D eigenvalue weighted by Crippen LogP contribution is -2.10. The molecule has 0 bridgehead atoms. The number of hydrogen-bond donors (Lipinski definition) is 0. The summed E-state index contributed by atoms with van der Waals surface area (Å²) in [4.78, 5) is 13.3. The molecule has 8 heteroatoms. The number of esters is 1. The molecule has 0 aliphatic heterocycles. The average molecular weight is 386 g/mol. The van der Waals surface area contributed by atoms with E-state index >= 15 is 0 Å². The second-order valence-electron chi connectivity index (χ2n) is 5.44. The van der Waals surface area contributed by atoms with Gasteiger partial charge in [0.15, 0.2) is 17.6 Å². The van der Waals surface area contributed by atoms with E-state index in [1.54, 1.807) is 31.2 Å². The molecule has 3 aromatic rings. The van der Waals surface area contributed by atoms with Gasteiger partial charge in [0.2, 0.25) is 0 Å².